The number of nitrogens with two attached hydrogens (primary N) is 2. The van der Waals surface area contributed by atoms with Crippen LogP contribution in [0.1, 0.15) is 64.1 Å². The number of anilines is 1. The molecule has 1 amide bonds. The van der Waals surface area contributed by atoms with Crippen molar-refractivity contribution in [1.29, 1.82) is 0 Å². The highest BCUT2D eigenvalue weighted by atomic mass is 16.5. The Labute approximate surface area is 209 Å². The Kier molecular flexibility index (Phi) is 9.60. The number of rotatable bonds is 7. The summed E-state index contributed by atoms with van der Waals surface area (Å²) in [6.07, 6.45) is 8.83. The molecule has 2 aliphatic heterocycles. The maximum atomic E-state index is 12.8. The molecule has 0 aliphatic carbocycles. The Hall–Kier alpha value is -3.19. The van der Waals surface area contributed by atoms with Crippen LogP contribution in [-0.2, 0) is 9.53 Å². The molecule has 2 bridgehead atoms. The van der Waals surface area contributed by atoms with E-state index in [1.807, 2.05) is 24.8 Å². The average Bonchev–Trinajstić information content (AvgIpc) is 3.19. The lowest BCUT2D eigenvalue weighted by atomic mass is 9.73. The lowest BCUT2D eigenvalue weighted by Crippen LogP contribution is -2.58. The molecule has 2 saturated heterocycles. The lowest BCUT2D eigenvalue weighted by Gasteiger charge is -2.47. The van der Waals surface area contributed by atoms with Crippen molar-refractivity contribution in [3.63, 3.8) is 0 Å². The zero-order valence-corrected chi connectivity index (χ0v) is 21.6. The first-order valence-electron chi connectivity index (χ1n) is 12.3. The smallest absolute Gasteiger partial charge is 0.246 e. The molecule has 1 aromatic rings. The number of hydrogen-bond donors (Lipinski definition) is 4. The number of aliphatic hydroxyl groups excluding tert-OH is 1. The normalized spacial score (nSPS) is 26.7. The number of carbonyl (C=O) groups excluding carboxylic acids is 1. The molecule has 6 N–H and O–H groups in total. The number of aliphatic hydroxyl groups is 1. The van der Waals surface area contributed by atoms with Gasteiger partial charge in [-0.15, -0.1) is 0 Å². The molecular formula is C28H42N4O3. The second-order valence-corrected chi connectivity index (χ2v) is 9.26. The van der Waals surface area contributed by atoms with Gasteiger partial charge in [-0.05, 0) is 49.0 Å². The summed E-state index contributed by atoms with van der Waals surface area (Å²) >= 11 is 0. The van der Waals surface area contributed by atoms with Crippen molar-refractivity contribution in [2.24, 2.45) is 11.1 Å². The number of allylic oxidation sites excluding steroid dienone is 2. The molecule has 35 heavy (non-hydrogen) atoms. The molecule has 1 aromatic heterocycles. The Morgan fingerprint density at radius 2 is 2.06 bits per heavy atom. The van der Waals surface area contributed by atoms with E-state index in [2.05, 4.69) is 38.6 Å². The summed E-state index contributed by atoms with van der Waals surface area (Å²) in [4.78, 5) is 18.1. The van der Waals surface area contributed by atoms with E-state index in [0.717, 1.165) is 30.5 Å². The number of carbonyl (C=O) groups is 1. The first-order chi connectivity index (χ1) is 16.6. The maximum absolute atomic E-state index is 12.8. The lowest BCUT2D eigenvalue weighted by molar-refractivity contribution is -0.147. The quantitative estimate of drug-likeness (QED) is 0.243. The van der Waals surface area contributed by atoms with Crippen LogP contribution in [0.25, 0.3) is 6.08 Å². The van der Waals surface area contributed by atoms with Crippen molar-refractivity contribution in [2.75, 3.05) is 18.9 Å². The van der Waals surface area contributed by atoms with Crippen LogP contribution in [0, 0.1) is 5.41 Å². The molecule has 192 valence electrons. The molecule has 2 aliphatic rings. The third-order valence-corrected chi connectivity index (χ3v) is 7.18. The van der Waals surface area contributed by atoms with Crippen LogP contribution in [0.4, 0.5) is 5.82 Å². The van der Waals surface area contributed by atoms with Crippen molar-refractivity contribution in [2.45, 2.75) is 65.0 Å². The predicted molar refractivity (Wildman–Crippen MR) is 145 cm³/mol. The van der Waals surface area contributed by atoms with Gasteiger partial charge in [-0.1, -0.05) is 53.5 Å². The first kappa shape index (κ1) is 28.1. The number of fused-ring (bicyclic) bond motifs is 2. The molecule has 4 unspecified atom stereocenters. The highest BCUT2D eigenvalue weighted by molar-refractivity contribution is 5.87. The zero-order chi connectivity index (χ0) is 26.3. The van der Waals surface area contributed by atoms with Crippen molar-refractivity contribution < 1.29 is 14.6 Å². The number of morpholine rings is 1. The van der Waals surface area contributed by atoms with Crippen LogP contribution in [0.15, 0.2) is 61.1 Å². The number of aromatic amines is 1. The molecular weight excluding hydrogens is 440 g/mol. The number of aromatic nitrogens is 1. The Bertz CT molecular complexity index is 1010. The molecule has 0 saturated carbocycles. The fourth-order valence-corrected chi connectivity index (χ4v) is 5.19. The Balaban J connectivity index is 0.00000210. The molecule has 7 nitrogen and oxygen atoms in total. The summed E-state index contributed by atoms with van der Waals surface area (Å²) in [6, 6.07) is 1.98. The number of nitrogens with zero attached hydrogens (tertiary/aromatic N) is 1. The second-order valence-electron chi connectivity index (χ2n) is 9.26. The van der Waals surface area contributed by atoms with E-state index >= 15 is 0 Å². The van der Waals surface area contributed by atoms with Gasteiger partial charge in [-0.2, -0.15) is 0 Å². The van der Waals surface area contributed by atoms with Crippen molar-refractivity contribution in [3.8, 4) is 0 Å². The van der Waals surface area contributed by atoms with Gasteiger partial charge in [0.2, 0.25) is 5.91 Å². The second kappa shape index (κ2) is 12.0. The Morgan fingerprint density at radius 1 is 1.37 bits per heavy atom. The minimum absolute atomic E-state index is 0.00114. The van der Waals surface area contributed by atoms with Crippen LogP contribution in [-0.4, -0.2) is 46.2 Å². The minimum atomic E-state index is -0.139. The van der Waals surface area contributed by atoms with E-state index in [1.54, 1.807) is 12.2 Å². The summed E-state index contributed by atoms with van der Waals surface area (Å²) in [6.45, 7) is 20.4. The van der Waals surface area contributed by atoms with Gasteiger partial charge in [0.1, 0.15) is 11.6 Å². The summed E-state index contributed by atoms with van der Waals surface area (Å²) < 4.78 is 5.94. The van der Waals surface area contributed by atoms with Gasteiger partial charge in [-0.3, -0.25) is 4.79 Å². The monoisotopic (exact) mass is 482 g/mol. The highest BCUT2D eigenvalue weighted by Gasteiger charge is 2.48. The van der Waals surface area contributed by atoms with Crippen molar-refractivity contribution in [3.05, 3.63) is 72.3 Å². The summed E-state index contributed by atoms with van der Waals surface area (Å²) in [7, 11) is 0. The standard InChI is InChI=1S/C26H36N4O3.C2H6/c1-6-9-20(16(4)31)21(27)11-17-12-22(29-25(17)28)18-10-19-14-33-15-23(26(5,8-3)13-18)30(19)24(32)7-2;1-2/h6-7,9,11-12,18-19,23,29,31H,1-2,4,8,10,13-15,27-28H2,3,5H3;1-2H3/b20-9+,21-11-;. The molecule has 3 heterocycles. The van der Waals surface area contributed by atoms with Crippen LogP contribution in [0.2, 0.25) is 0 Å². The van der Waals surface area contributed by atoms with Gasteiger partial charge in [0.15, 0.2) is 0 Å². The van der Waals surface area contributed by atoms with Crippen LogP contribution < -0.4 is 11.5 Å². The zero-order valence-electron chi connectivity index (χ0n) is 21.6. The van der Waals surface area contributed by atoms with E-state index in [9.17, 15) is 9.90 Å². The number of nitrogen functional groups attached to an aromatic ring is 1. The highest BCUT2D eigenvalue weighted by Crippen LogP contribution is 2.47. The van der Waals surface area contributed by atoms with Gasteiger partial charge in [-0.25, -0.2) is 0 Å². The van der Waals surface area contributed by atoms with E-state index in [-0.39, 0.29) is 35.1 Å². The van der Waals surface area contributed by atoms with Gasteiger partial charge in [0, 0.05) is 28.4 Å². The predicted octanol–water partition coefficient (Wildman–Crippen LogP) is 5.18. The van der Waals surface area contributed by atoms with Crippen molar-refractivity contribution in [1.82, 2.24) is 9.88 Å². The van der Waals surface area contributed by atoms with E-state index in [4.69, 9.17) is 16.2 Å². The average molecular weight is 483 g/mol. The molecule has 2 fully saturated rings. The fraction of sp³-hybridized carbons (Fsp3) is 0.464. The third-order valence-electron chi connectivity index (χ3n) is 7.18. The van der Waals surface area contributed by atoms with Crippen LogP contribution in [0.3, 0.4) is 0 Å². The third kappa shape index (κ3) is 5.90. The number of amides is 1. The van der Waals surface area contributed by atoms with Gasteiger partial charge < -0.3 is 31.2 Å². The SMILES string of the molecule is C=C/C=C(C(=C)O)/C(N)=C/c1cc(C2CC3COCC(N3C(=O)C=C)C(C)(CC)C2)[nH]c1N.CC. The largest absolute Gasteiger partial charge is 0.508 e. The van der Waals surface area contributed by atoms with Gasteiger partial charge in [0.25, 0.3) is 0 Å². The number of ether oxygens (including phenoxy) is 1. The first-order valence-corrected chi connectivity index (χ1v) is 12.3. The van der Waals surface area contributed by atoms with Crippen LogP contribution in [0.5, 0.6) is 0 Å². The summed E-state index contributed by atoms with van der Waals surface area (Å²) in [5.74, 6) is 0.477. The van der Waals surface area contributed by atoms with Crippen molar-refractivity contribution >= 4 is 17.8 Å². The number of nitrogens with one attached hydrogen (secondary N) is 1. The van der Waals surface area contributed by atoms with E-state index in [1.165, 1.54) is 12.2 Å². The molecule has 0 aromatic carbocycles. The molecule has 0 spiro atoms. The van der Waals surface area contributed by atoms with Gasteiger partial charge in [0.05, 0.1) is 25.3 Å². The minimum Gasteiger partial charge on any atom is -0.508 e. The maximum Gasteiger partial charge on any atom is 0.246 e. The topological polar surface area (TPSA) is 118 Å². The fourth-order valence-electron chi connectivity index (χ4n) is 5.19. The number of H-pyrrole nitrogens is 1. The molecule has 7 heteroatoms. The molecule has 0 radical (unpaired) electrons. The summed E-state index contributed by atoms with van der Waals surface area (Å²) in [5.41, 5.74) is 14.9. The van der Waals surface area contributed by atoms with E-state index in [0.29, 0.717) is 30.3 Å². The Morgan fingerprint density at radius 3 is 2.63 bits per heavy atom. The molecule has 4 atom stereocenters. The summed E-state index contributed by atoms with van der Waals surface area (Å²) in [5, 5.41) is 9.84. The van der Waals surface area contributed by atoms with E-state index < -0.39 is 0 Å². The van der Waals surface area contributed by atoms with Crippen LogP contribution >= 0.6 is 0 Å². The molecule has 3 rings (SSSR count). The number of hydrogen-bond acceptors (Lipinski definition) is 5. The van der Waals surface area contributed by atoms with Gasteiger partial charge >= 0.3 is 0 Å².